The Morgan fingerprint density at radius 3 is 2.70 bits per heavy atom. The van der Waals surface area contributed by atoms with Crippen molar-refractivity contribution in [3.8, 4) is 11.3 Å². The van der Waals surface area contributed by atoms with Crippen LogP contribution in [0.2, 0.25) is 5.02 Å². The Morgan fingerprint density at radius 2 is 1.89 bits per heavy atom. The maximum absolute atomic E-state index is 12.6. The van der Waals surface area contributed by atoms with Crippen LogP contribution in [0.1, 0.15) is 16.1 Å². The normalized spacial score (nSPS) is 13.5. The summed E-state index contributed by atoms with van der Waals surface area (Å²) in [6.07, 6.45) is 3.40. The predicted octanol–water partition coefficient (Wildman–Crippen LogP) is 5.23. The van der Waals surface area contributed by atoms with Crippen molar-refractivity contribution in [2.75, 3.05) is 0 Å². The smallest absolute Gasteiger partial charge is 0.274 e. The first-order valence-corrected chi connectivity index (χ1v) is 12.7. The van der Waals surface area contributed by atoms with Crippen LogP contribution in [0.15, 0.2) is 85.3 Å². The van der Waals surface area contributed by atoms with Crippen molar-refractivity contribution < 1.29 is 5.11 Å². The second-order valence-electron chi connectivity index (χ2n) is 8.84. The quantitative estimate of drug-likeness (QED) is 0.340. The summed E-state index contributed by atoms with van der Waals surface area (Å²) in [4.78, 5) is 9.86. The van der Waals surface area contributed by atoms with Crippen LogP contribution in [-0.2, 0) is 12.6 Å². The van der Waals surface area contributed by atoms with E-state index in [2.05, 4.69) is 32.6 Å². The highest BCUT2D eigenvalue weighted by Gasteiger charge is 2.38. The molecule has 1 atom stereocenters. The number of aryl methyl sites for hydroxylation is 1. The number of nitrogens with zero attached hydrogens (tertiary/aromatic N) is 7. The highest BCUT2D eigenvalue weighted by Crippen LogP contribution is 2.43. The van der Waals surface area contributed by atoms with E-state index in [0.29, 0.717) is 27.8 Å². The molecule has 37 heavy (non-hydrogen) atoms. The van der Waals surface area contributed by atoms with Gasteiger partial charge in [-0.05, 0) is 57.8 Å². The maximum Gasteiger partial charge on any atom is 0.274 e. The topological polar surface area (TPSA) is 94.0 Å². The molecule has 7 rings (SSSR count). The Bertz CT molecular complexity index is 1930. The van der Waals surface area contributed by atoms with Crippen LogP contribution in [0.5, 0.6) is 0 Å². The molecule has 4 aromatic heterocycles. The summed E-state index contributed by atoms with van der Waals surface area (Å²) in [5.74, 6) is 0.377. The molecule has 0 amide bonds. The molecule has 0 aliphatic carbocycles. The summed E-state index contributed by atoms with van der Waals surface area (Å²) in [7, 11) is 1.88. The van der Waals surface area contributed by atoms with Gasteiger partial charge in [0.05, 0.1) is 29.4 Å². The van der Waals surface area contributed by atoms with Crippen LogP contribution in [0, 0.1) is 0 Å². The predicted molar refractivity (Wildman–Crippen MR) is 144 cm³/mol. The highest BCUT2D eigenvalue weighted by atomic mass is 35.5. The molecule has 180 valence electrons. The van der Waals surface area contributed by atoms with Crippen LogP contribution >= 0.6 is 22.9 Å². The van der Waals surface area contributed by atoms with E-state index in [1.165, 1.54) is 0 Å². The van der Waals surface area contributed by atoms with E-state index in [-0.39, 0.29) is 0 Å². The molecule has 1 N–H and O–H groups in total. The van der Waals surface area contributed by atoms with Crippen molar-refractivity contribution in [1.29, 1.82) is 0 Å². The first kappa shape index (κ1) is 22.1. The number of aromatic nitrogens is 7. The van der Waals surface area contributed by atoms with E-state index in [1.54, 1.807) is 28.4 Å². The van der Waals surface area contributed by atoms with Gasteiger partial charge in [0.15, 0.2) is 5.60 Å². The SMILES string of the molecule is Cn1cncc1C(O)(c1ccc2c(c1)c(-c1cccc(Cl)c1)nc1nnnn12)c1cc2ccccc2s1. The highest BCUT2D eigenvalue weighted by molar-refractivity contribution is 7.19. The van der Waals surface area contributed by atoms with Crippen molar-refractivity contribution in [3.05, 3.63) is 106 Å². The number of rotatable bonds is 4. The minimum absolute atomic E-state index is 0.377. The lowest BCUT2D eigenvalue weighted by molar-refractivity contribution is 0.121. The Balaban J connectivity index is 1.55. The third kappa shape index (κ3) is 3.36. The van der Waals surface area contributed by atoms with Crippen molar-refractivity contribution in [2.45, 2.75) is 5.60 Å². The zero-order valence-electron chi connectivity index (χ0n) is 19.4. The third-order valence-electron chi connectivity index (χ3n) is 6.63. The molecule has 0 aliphatic heterocycles. The van der Waals surface area contributed by atoms with Crippen LogP contribution in [0.4, 0.5) is 0 Å². The molecule has 4 heterocycles. The Morgan fingerprint density at radius 1 is 1.00 bits per heavy atom. The number of halogens is 1. The van der Waals surface area contributed by atoms with Gasteiger partial charge in [0, 0.05) is 32.6 Å². The van der Waals surface area contributed by atoms with Gasteiger partial charge >= 0.3 is 0 Å². The van der Waals surface area contributed by atoms with E-state index >= 15 is 0 Å². The number of thiophene rings is 1. The molecular weight excluding hydrogens is 506 g/mol. The third-order valence-corrected chi connectivity index (χ3v) is 8.09. The van der Waals surface area contributed by atoms with E-state index in [4.69, 9.17) is 16.6 Å². The lowest BCUT2D eigenvalue weighted by atomic mass is 9.87. The first-order valence-electron chi connectivity index (χ1n) is 11.5. The van der Waals surface area contributed by atoms with Crippen molar-refractivity contribution in [1.82, 2.24) is 34.6 Å². The Hall–Kier alpha value is -4.18. The standard InChI is InChI=1S/C27H18ClN7OS/c1-34-15-29-14-23(34)27(36,24-12-16-5-2-3-8-22(16)37-24)18-9-10-21-20(13-18)25(17-6-4-7-19(28)11-17)30-26-31-32-33-35(21)26/h2-15,36H,1H3. The summed E-state index contributed by atoms with van der Waals surface area (Å²) in [6.45, 7) is 0. The summed E-state index contributed by atoms with van der Waals surface area (Å²) >= 11 is 7.89. The van der Waals surface area contributed by atoms with Crippen LogP contribution in [0.3, 0.4) is 0 Å². The molecule has 8 nitrogen and oxygen atoms in total. The average molecular weight is 524 g/mol. The first-order chi connectivity index (χ1) is 18.0. The lowest BCUT2D eigenvalue weighted by Gasteiger charge is -2.28. The maximum atomic E-state index is 12.6. The van der Waals surface area contributed by atoms with Crippen LogP contribution < -0.4 is 0 Å². The van der Waals surface area contributed by atoms with E-state index in [0.717, 1.165) is 31.4 Å². The van der Waals surface area contributed by atoms with Gasteiger partial charge in [-0.3, -0.25) is 0 Å². The minimum Gasteiger partial charge on any atom is -0.374 e. The monoisotopic (exact) mass is 523 g/mol. The molecule has 0 saturated heterocycles. The number of hydrogen-bond acceptors (Lipinski definition) is 7. The number of fused-ring (bicyclic) bond motifs is 4. The van der Waals surface area contributed by atoms with Crippen molar-refractivity contribution >= 4 is 49.7 Å². The largest absolute Gasteiger partial charge is 0.374 e. The molecule has 7 aromatic rings. The molecule has 10 heteroatoms. The van der Waals surface area contributed by atoms with Gasteiger partial charge in [0.1, 0.15) is 0 Å². The second kappa shape index (κ2) is 8.17. The fourth-order valence-corrected chi connectivity index (χ4v) is 6.22. The van der Waals surface area contributed by atoms with Gasteiger partial charge < -0.3 is 9.67 Å². The van der Waals surface area contributed by atoms with Gasteiger partial charge in [-0.2, -0.15) is 4.52 Å². The molecule has 1 unspecified atom stereocenters. The number of aliphatic hydroxyl groups is 1. The number of benzene rings is 3. The summed E-state index contributed by atoms with van der Waals surface area (Å²) in [6, 6.07) is 23.4. The van der Waals surface area contributed by atoms with Gasteiger partial charge in [0.2, 0.25) is 0 Å². The molecule has 0 radical (unpaired) electrons. The van der Waals surface area contributed by atoms with Gasteiger partial charge in [0.25, 0.3) is 5.78 Å². The van der Waals surface area contributed by atoms with Crippen molar-refractivity contribution in [2.24, 2.45) is 7.05 Å². The van der Waals surface area contributed by atoms with E-state index < -0.39 is 5.60 Å². The Labute approximate surface area is 219 Å². The summed E-state index contributed by atoms with van der Waals surface area (Å²) in [5.41, 5.74) is 2.12. The minimum atomic E-state index is -1.47. The van der Waals surface area contributed by atoms with Gasteiger partial charge in [-0.15, -0.1) is 11.3 Å². The van der Waals surface area contributed by atoms with Crippen LogP contribution in [0.25, 0.3) is 38.0 Å². The summed E-state index contributed by atoms with van der Waals surface area (Å²) < 4.78 is 4.53. The fraction of sp³-hybridized carbons (Fsp3) is 0.0741. The summed E-state index contributed by atoms with van der Waals surface area (Å²) in [5, 5.41) is 27.1. The second-order valence-corrected chi connectivity index (χ2v) is 10.4. The molecule has 0 bridgehead atoms. The molecule has 0 aliphatic rings. The van der Waals surface area contributed by atoms with E-state index in [9.17, 15) is 5.11 Å². The van der Waals surface area contributed by atoms with E-state index in [1.807, 2.05) is 72.3 Å². The number of imidazole rings is 1. The number of tetrazole rings is 1. The zero-order valence-corrected chi connectivity index (χ0v) is 21.0. The lowest BCUT2D eigenvalue weighted by Crippen LogP contribution is -2.30. The molecule has 3 aromatic carbocycles. The fourth-order valence-electron chi connectivity index (χ4n) is 4.84. The number of hydrogen-bond donors (Lipinski definition) is 1. The zero-order chi connectivity index (χ0) is 25.1. The van der Waals surface area contributed by atoms with Crippen LogP contribution in [-0.4, -0.2) is 39.7 Å². The molecule has 0 spiro atoms. The van der Waals surface area contributed by atoms with Gasteiger partial charge in [-0.25, -0.2) is 9.97 Å². The molecule has 0 saturated carbocycles. The molecular formula is C27H18ClN7OS. The average Bonchev–Trinajstić information content (AvgIpc) is 3.67. The van der Waals surface area contributed by atoms with Gasteiger partial charge in [-0.1, -0.05) is 53.1 Å². The Kier molecular flexibility index (Phi) is 4.87. The van der Waals surface area contributed by atoms with Crippen molar-refractivity contribution in [3.63, 3.8) is 0 Å². The molecule has 0 fully saturated rings.